The van der Waals surface area contributed by atoms with Crippen LogP contribution in [0.3, 0.4) is 0 Å². The number of hydrogen-bond acceptors (Lipinski definition) is 2. The molecular formula is C20H32N2O. The highest BCUT2D eigenvalue weighted by Crippen LogP contribution is 2.18. The van der Waals surface area contributed by atoms with Gasteiger partial charge in [-0.3, -0.25) is 9.69 Å². The Kier molecular flexibility index (Phi) is 7.10. The number of carbonyl (C=O) groups excluding carboxylic acids is 1. The van der Waals surface area contributed by atoms with Crippen molar-refractivity contribution in [3.05, 3.63) is 35.4 Å². The Morgan fingerprint density at radius 1 is 1.26 bits per heavy atom. The second kappa shape index (κ2) is 9.07. The first-order valence-corrected chi connectivity index (χ1v) is 9.10. The van der Waals surface area contributed by atoms with Crippen molar-refractivity contribution in [2.75, 3.05) is 13.1 Å². The Balaban J connectivity index is 1.74. The van der Waals surface area contributed by atoms with Crippen LogP contribution in [0.25, 0.3) is 0 Å². The van der Waals surface area contributed by atoms with E-state index in [0.717, 1.165) is 18.9 Å². The van der Waals surface area contributed by atoms with Gasteiger partial charge in [-0.25, -0.2) is 0 Å². The Morgan fingerprint density at radius 2 is 1.96 bits per heavy atom. The number of rotatable bonds is 7. The fraction of sp³-hybridized carbons (Fsp3) is 0.650. The molecule has 2 rings (SSSR count). The summed E-state index contributed by atoms with van der Waals surface area (Å²) in [5, 5.41) is 3.01. The van der Waals surface area contributed by atoms with Crippen LogP contribution >= 0.6 is 0 Å². The maximum Gasteiger partial charge on any atom is 0.220 e. The van der Waals surface area contributed by atoms with Crippen LogP contribution in [0.5, 0.6) is 0 Å². The van der Waals surface area contributed by atoms with Gasteiger partial charge in [0.15, 0.2) is 0 Å². The van der Waals surface area contributed by atoms with Gasteiger partial charge in [-0.05, 0) is 48.8 Å². The summed E-state index contributed by atoms with van der Waals surface area (Å²) < 4.78 is 0. The van der Waals surface area contributed by atoms with E-state index < -0.39 is 0 Å². The van der Waals surface area contributed by atoms with Crippen LogP contribution in [0.2, 0.25) is 0 Å². The number of benzene rings is 1. The molecule has 0 aromatic heterocycles. The molecule has 23 heavy (non-hydrogen) atoms. The molecule has 1 amide bonds. The number of nitrogens with one attached hydrogen (secondary N) is 1. The third-order valence-corrected chi connectivity index (χ3v) is 4.61. The predicted octanol–water partition coefficient (Wildman–Crippen LogP) is 3.97. The minimum atomic E-state index is 0.157. The Hall–Kier alpha value is -1.35. The molecule has 1 fully saturated rings. The first-order chi connectivity index (χ1) is 11.0. The van der Waals surface area contributed by atoms with Crippen molar-refractivity contribution in [3.63, 3.8) is 0 Å². The largest absolute Gasteiger partial charge is 0.352 e. The Bertz CT molecular complexity index is 481. The SMILES string of the molecule is CC(C)CCC(=O)NCc1ccc(CN2CCC[C@@H](C)C2)cc1. The lowest BCUT2D eigenvalue weighted by Crippen LogP contribution is -2.33. The highest BCUT2D eigenvalue weighted by atomic mass is 16.1. The number of piperidine rings is 1. The van der Waals surface area contributed by atoms with E-state index in [4.69, 9.17) is 0 Å². The van der Waals surface area contributed by atoms with E-state index in [1.54, 1.807) is 0 Å². The van der Waals surface area contributed by atoms with Gasteiger partial charge in [0, 0.05) is 26.1 Å². The summed E-state index contributed by atoms with van der Waals surface area (Å²) >= 11 is 0. The molecule has 1 heterocycles. The second-order valence-electron chi connectivity index (χ2n) is 7.51. The maximum absolute atomic E-state index is 11.8. The molecule has 128 valence electrons. The average Bonchev–Trinajstić information content (AvgIpc) is 2.52. The van der Waals surface area contributed by atoms with Gasteiger partial charge in [-0.15, -0.1) is 0 Å². The van der Waals surface area contributed by atoms with Gasteiger partial charge in [-0.2, -0.15) is 0 Å². The molecule has 1 N–H and O–H groups in total. The number of amides is 1. The molecular weight excluding hydrogens is 284 g/mol. The van der Waals surface area contributed by atoms with Crippen LogP contribution in [-0.4, -0.2) is 23.9 Å². The van der Waals surface area contributed by atoms with E-state index in [9.17, 15) is 4.79 Å². The fourth-order valence-corrected chi connectivity index (χ4v) is 3.16. The summed E-state index contributed by atoms with van der Waals surface area (Å²) in [6.07, 6.45) is 4.27. The molecule has 0 bridgehead atoms. The fourth-order valence-electron chi connectivity index (χ4n) is 3.16. The summed E-state index contributed by atoms with van der Waals surface area (Å²) in [6, 6.07) is 8.70. The zero-order valence-corrected chi connectivity index (χ0v) is 15.0. The molecule has 1 atom stereocenters. The van der Waals surface area contributed by atoms with Gasteiger partial charge >= 0.3 is 0 Å². The van der Waals surface area contributed by atoms with Gasteiger partial charge in [0.1, 0.15) is 0 Å². The first kappa shape index (κ1) is 18.0. The monoisotopic (exact) mass is 316 g/mol. The van der Waals surface area contributed by atoms with Crippen molar-refractivity contribution < 1.29 is 4.79 Å². The number of carbonyl (C=O) groups is 1. The molecule has 1 aromatic rings. The van der Waals surface area contributed by atoms with Crippen molar-refractivity contribution in [2.45, 2.75) is 59.5 Å². The van der Waals surface area contributed by atoms with Gasteiger partial charge in [0.05, 0.1) is 0 Å². The van der Waals surface area contributed by atoms with Crippen LogP contribution in [0.15, 0.2) is 24.3 Å². The quantitative estimate of drug-likeness (QED) is 0.825. The van der Waals surface area contributed by atoms with E-state index in [-0.39, 0.29) is 5.91 Å². The van der Waals surface area contributed by atoms with Gasteiger partial charge < -0.3 is 5.32 Å². The normalized spacial score (nSPS) is 19.0. The first-order valence-electron chi connectivity index (χ1n) is 9.10. The number of likely N-dealkylation sites (tertiary alicyclic amines) is 1. The van der Waals surface area contributed by atoms with Crippen molar-refractivity contribution in [3.8, 4) is 0 Å². The predicted molar refractivity (Wildman–Crippen MR) is 96.0 cm³/mol. The van der Waals surface area contributed by atoms with E-state index in [1.807, 2.05) is 0 Å². The average molecular weight is 316 g/mol. The van der Waals surface area contributed by atoms with Crippen molar-refractivity contribution in [1.29, 1.82) is 0 Å². The Morgan fingerprint density at radius 3 is 2.61 bits per heavy atom. The summed E-state index contributed by atoms with van der Waals surface area (Å²) in [5.74, 6) is 1.56. The summed E-state index contributed by atoms with van der Waals surface area (Å²) in [6.45, 7) is 10.8. The van der Waals surface area contributed by atoms with Crippen LogP contribution in [-0.2, 0) is 17.9 Å². The maximum atomic E-state index is 11.8. The van der Waals surface area contributed by atoms with Crippen molar-refractivity contribution in [1.82, 2.24) is 10.2 Å². The van der Waals surface area contributed by atoms with Crippen molar-refractivity contribution in [2.24, 2.45) is 11.8 Å². The molecule has 1 aromatic carbocycles. The summed E-state index contributed by atoms with van der Waals surface area (Å²) in [7, 11) is 0. The van der Waals surface area contributed by atoms with Crippen LogP contribution < -0.4 is 5.32 Å². The summed E-state index contributed by atoms with van der Waals surface area (Å²) in [5.41, 5.74) is 2.55. The number of nitrogens with zero attached hydrogens (tertiary/aromatic N) is 1. The molecule has 0 radical (unpaired) electrons. The van der Waals surface area contributed by atoms with Crippen molar-refractivity contribution >= 4 is 5.91 Å². The summed E-state index contributed by atoms with van der Waals surface area (Å²) in [4.78, 5) is 14.3. The topological polar surface area (TPSA) is 32.3 Å². The van der Waals surface area contributed by atoms with Gasteiger partial charge in [0.25, 0.3) is 0 Å². The highest BCUT2D eigenvalue weighted by molar-refractivity contribution is 5.75. The van der Waals surface area contributed by atoms with Crippen LogP contribution in [0, 0.1) is 11.8 Å². The zero-order chi connectivity index (χ0) is 16.7. The number of hydrogen-bond donors (Lipinski definition) is 1. The van der Waals surface area contributed by atoms with E-state index in [2.05, 4.69) is 55.3 Å². The lowest BCUT2D eigenvalue weighted by molar-refractivity contribution is -0.121. The minimum Gasteiger partial charge on any atom is -0.352 e. The second-order valence-corrected chi connectivity index (χ2v) is 7.51. The molecule has 3 nitrogen and oxygen atoms in total. The lowest BCUT2D eigenvalue weighted by atomic mass is 9.99. The third-order valence-electron chi connectivity index (χ3n) is 4.61. The molecule has 0 unspecified atom stereocenters. The van der Waals surface area contributed by atoms with Crippen LogP contribution in [0.4, 0.5) is 0 Å². The molecule has 1 aliphatic heterocycles. The zero-order valence-electron chi connectivity index (χ0n) is 15.0. The van der Waals surface area contributed by atoms with E-state index in [0.29, 0.717) is 18.9 Å². The highest BCUT2D eigenvalue weighted by Gasteiger charge is 2.16. The molecule has 0 saturated carbocycles. The van der Waals surface area contributed by atoms with Crippen LogP contribution in [0.1, 0.15) is 57.6 Å². The molecule has 3 heteroatoms. The molecule has 1 saturated heterocycles. The van der Waals surface area contributed by atoms with Gasteiger partial charge in [-0.1, -0.05) is 45.0 Å². The van der Waals surface area contributed by atoms with E-state index >= 15 is 0 Å². The standard InChI is InChI=1S/C20H32N2O/c1-16(2)6-11-20(23)21-13-18-7-9-19(10-8-18)15-22-12-4-5-17(3)14-22/h7-10,16-17H,4-6,11-15H2,1-3H3,(H,21,23)/t17-/m1/s1. The smallest absolute Gasteiger partial charge is 0.220 e. The molecule has 0 spiro atoms. The third kappa shape index (κ3) is 6.74. The Labute approximate surface area is 141 Å². The lowest BCUT2D eigenvalue weighted by Gasteiger charge is -2.30. The molecule has 1 aliphatic rings. The minimum absolute atomic E-state index is 0.157. The molecule has 0 aliphatic carbocycles. The van der Waals surface area contributed by atoms with E-state index in [1.165, 1.54) is 37.1 Å². The van der Waals surface area contributed by atoms with Gasteiger partial charge in [0.2, 0.25) is 5.91 Å².